The Bertz CT molecular complexity index is 656. The van der Waals surface area contributed by atoms with Crippen LogP contribution in [0.5, 0.6) is 5.75 Å². The van der Waals surface area contributed by atoms with E-state index in [1.165, 1.54) is 0 Å². The Hall–Kier alpha value is -2.49. The number of H-pyrrole nitrogens is 1. The minimum Gasteiger partial charge on any atom is -0.487 e. The van der Waals surface area contributed by atoms with Crippen LogP contribution in [0.1, 0.15) is 5.69 Å². The number of nitrogens with zero attached hydrogens (tertiary/aromatic N) is 2. The summed E-state index contributed by atoms with van der Waals surface area (Å²) in [6.07, 6.45) is 5.74. The molecule has 0 amide bonds. The van der Waals surface area contributed by atoms with E-state index in [2.05, 4.69) is 16.1 Å². The van der Waals surface area contributed by atoms with Gasteiger partial charge in [-0.1, -0.05) is 12.1 Å². The third kappa shape index (κ3) is 2.68. The number of aryl methyl sites for hydroxylation is 1. The summed E-state index contributed by atoms with van der Waals surface area (Å²) in [6, 6.07) is 12.0. The minimum atomic E-state index is 0.545. The molecule has 96 valence electrons. The third-order valence-corrected chi connectivity index (χ3v) is 2.93. The van der Waals surface area contributed by atoms with Gasteiger partial charge in [-0.25, -0.2) is 0 Å². The summed E-state index contributed by atoms with van der Waals surface area (Å²) in [5, 5.41) is 4.18. The Morgan fingerprint density at radius 2 is 2.16 bits per heavy atom. The van der Waals surface area contributed by atoms with Crippen LogP contribution in [-0.4, -0.2) is 14.8 Å². The first-order valence-electron chi connectivity index (χ1n) is 6.15. The molecule has 4 nitrogen and oxygen atoms in total. The molecule has 4 heteroatoms. The molecular weight excluding hydrogens is 238 g/mol. The lowest BCUT2D eigenvalue weighted by atomic mass is 10.1. The van der Waals surface area contributed by atoms with Gasteiger partial charge in [0.05, 0.1) is 11.9 Å². The zero-order chi connectivity index (χ0) is 13.1. The molecule has 2 aromatic heterocycles. The molecule has 0 aliphatic heterocycles. The second-order valence-electron chi connectivity index (χ2n) is 4.41. The van der Waals surface area contributed by atoms with Gasteiger partial charge in [-0.15, -0.1) is 0 Å². The highest BCUT2D eigenvalue weighted by Crippen LogP contribution is 2.23. The fourth-order valence-corrected chi connectivity index (χ4v) is 1.95. The summed E-state index contributed by atoms with van der Waals surface area (Å²) in [4.78, 5) is 3.12. The van der Waals surface area contributed by atoms with Crippen molar-refractivity contribution in [3.8, 4) is 16.9 Å². The molecule has 3 rings (SSSR count). The number of nitrogens with one attached hydrogen (secondary N) is 1. The fourth-order valence-electron chi connectivity index (χ4n) is 1.95. The van der Waals surface area contributed by atoms with Crippen LogP contribution in [-0.2, 0) is 13.7 Å². The lowest BCUT2D eigenvalue weighted by Crippen LogP contribution is -1.95. The highest BCUT2D eigenvalue weighted by atomic mass is 16.5. The summed E-state index contributed by atoms with van der Waals surface area (Å²) in [5.74, 6) is 0.857. The number of rotatable bonds is 4. The van der Waals surface area contributed by atoms with Gasteiger partial charge in [0.15, 0.2) is 0 Å². The molecule has 0 fully saturated rings. The van der Waals surface area contributed by atoms with Crippen LogP contribution in [0.15, 0.2) is 55.0 Å². The SMILES string of the molecule is Cn1cc(-c2cccc(OCc3ccc[nH]3)c2)cn1. The van der Waals surface area contributed by atoms with Crippen LogP contribution in [0, 0.1) is 0 Å². The van der Waals surface area contributed by atoms with E-state index < -0.39 is 0 Å². The van der Waals surface area contributed by atoms with E-state index in [4.69, 9.17) is 4.74 Å². The van der Waals surface area contributed by atoms with Crippen molar-refractivity contribution in [2.75, 3.05) is 0 Å². The predicted molar refractivity (Wildman–Crippen MR) is 73.8 cm³/mol. The van der Waals surface area contributed by atoms with Crippen molar-refractivity contribution in [1.82, 2.24) is 14.8 Å². The summed E-state index contributed by atoms with van der Waals surface area (Å²) < 4.78 is 7.55. The summed E-state index contributed by atoms with van der Waals surface area (Å²) in [6.45, 7) is 0.545. The highest BCUT2D eigenvalue weighted by Gasteiger charge is 2.02. The van der Waals surface area contributed by atoms with Crippen LogP contribution in [0.2, 0.25) is 0 Å². The maximum absolute atomic E-state index is 5.76. The number of benzene rings is 1. The molecule has 2 heterocycles. The molecule has 1 aromatic carbocycles. The summed E-state index contributed by atoms with van der Waals surface area (Å²) in [5.41, 5.74) is 3.26. The van der Waals surface area contributed by atoms with Gasteiger partial charge in [0.25, 0.3) is 0 Å². The van der Waals surface area contributed by atoms with Gasteiger partial charge in [-0.05, 0) is 29.8 Å². The molecule has 1 N–H and O–H groups in total. The first-order chi connectivity index (χ1) is 9.31. The van der Waals surface area contributed by atoms with E-state index in [1.807, 2.05) is 56.0 Å². The summed E-state index contributed by atoms with van der Waals surface area (Å²) in [7, 11) is 1.91. The topological polar surface area (TPSA) is 42.8 Å². The van der Waals surface area contributed by atoms with E-state index in [0.29, 0.717) is 6.61 Å². The molecule has 0 saturated heterocycles. The summed E-state index contributed by atoms with van der Waals surface area (Å²) >= 11 is 0. The molecule has 0 spiro atoms. The molecule has 3 aromatic rings. The lowest BCUT2D eigenvalue weighted by molar-refractivity contribution is 0.302. The average molecular weight is 253 g/mol. The van der Waals surface area contributed by atoms with E-state index in [1.54, 1.807) is 4.68 Å². The Balaban J connectivity index is 1.76. The molecule has 19 heavy (non-hydrogen) atoms. The lowest BCUT2D eigenvalue weighted by Gasteiger charge is -2.06. The second-order valence-corrected chi connectivity index (χ2v) is 4.41. The molecule has 0 aliphatic rings. The Kier molecular flexibility index (Phi) is 3.06. The number of ether oxygens (including phenoxy) is 1. The number of aromatic nitrogens is 3. The standard InChI is InChI=1S/C15H15N3O/c1-18-10-13(9-17-18)12-4-2-6-15(8-12)19-11-14-5-3-7-16-14/h2-10,16H,11H2,1H3. The zero-order valence-corrected chi connectivity index (χ0v) is 10.7. The number of aromatic amines is 1. The van der Waals surface area contributed by atoms with Gasteiger partial charge in [-0.3, -0.25) is 4.68 Å². The first-order valence-corrected chi connectivity index (χ1v) is 6.15. The quantitative estimate of drug-likeness (QED) is 0.776. The van der Waals surface area contributed by atoms with Crippen molar-refractivity contribution in [2.45, 2.75) is 6.61 Å². The number of hydrogen-bond acceptors (Lipinski definition) is 2. The molecule has 0 unspecified atom stereocenters. The van der Waals surface area contributed by atoms with Gasteiger partial charge in [0.2, 0.25) is 0 Å². The predicted octanol–water partition coefficient (Wildman–Crippen LogP) is 2.99. The largest absolute Gasteiger partial charge is 0.487 e. The fraction of sp³-hybridized carbons (Fsp3) is 0.133. The van der Waals surface area contributed by atoms with Crippen molar-refractivity contribution in [3.63, 3.8) is 0 Å². The Labute approximate surface area is 111 Å². The highest BCUT2D eigenvalue weighted by molar-refractivity contribution is 5.63. The van der Waals surface area contributed by atoms with Crippen LogP contribution >= 0.6 is 0 Å². The van der Waals surface area contributed by atoms with Gasteiger partial charge >= 0.3 is 0 Å². The van der Waals surface area contributed by atoms with Crippen LogP contribution < -0.4 is 4.74 Å². The normalized spacial score (nSPS) is 10.6. The van der Waals surface area contributed by atoms with Crippen LogP contribution in [0.3, 0.4) is 0 Å². The molecule has 0 saturated carbocycles. The zero-order valence-electron chi connectivity index (χ0n) is 10.7. The van der Waals surface area contributed by atoms with E-state index in [-0.39, 0.29) is 0 Å². The Morgan fingerprint density at radius 1 is 1.21 bits per heavy atom. The Morgan fingerprint density at radius 3 is 2.89 bits per heavy atom. The number of hydrogen-bond donors (Lipinski definition) is 1. The van der Waals surface area contributed by atoms with Gasteiger partial charge in [-0.2, -0.15) is 5.10 Å². The van der Waals surface area contributed by atoms with Crippen LogP contribution in [0.25, 0.3) is 11.1 Å². The van der Waals surface area contributed by atoms with Gasteiger partial charge in [0, 0.05) is 25.0 Å². The van der Waals surface area contributed by atoms with E-state index in [9.17, 15) is 0 Å². The average Bonchev–Trinajstić information content (AvgIpc) is 3.08. The molecular formula is C15H15N3O. The minimum absolute atomic E-state index is 0.545. The third-order valence-electron chi connectivity index (χ3n) is 2.93. The van der Waals surface area contributed by atoms with E-state index in [0.717, 1.165) is 22.6 Å². The second kappa shape index (κ2) is 5.02. The maximum Gasteiger partial charge on any atom is 0.128 e. The van der Waals surface area contributed by atoms with Gasteiger partial charge in [0.1, 0.15) is 12.4 Å². The van der Waals surface area contributed by atoms with Crippen molar-refractivity contribution in [3.05, 3.63) is 60.7 Å². The van der Waals surface area contributed by atoms with Crippen molar-refractivity contribution in [1.29, 1.82) is 0 Å². The van der Waals surface area contributed by atoms with E-state index >= 15 is 0 Å². The monoisotopic (exact) mass is 253 g/mol. The van der Waals surface area contributed by atoms with Crippen molar-refractivity contribution in [2.24, 2.45) is 7.05 Å². The smallest absolute Gasteiger partial charge is 0.128 e. The maximum atomic E-state index is 5.76. The van der Waals surface area contributed by atoms with Crippen molar-refractivity contribution < 1.29 is 4.74 Å². The molecule has 0 bridgehead atoms. The molecule has 0 atom stereocenters. The van der Waals surface area contributed by atoms with Crippen molar-refractivity contribution >= 4 is 0 Å². The molecule has 0 radical (unpaired) electrons. The first kappa shape index (κ1) is 11.6. The molecule has 0 aliphatic carbocycles. The van der Waals surface area contributed by atoms with Crippen LogP contribution in [0.4, 0.5) is 0 Å². The van der Waals surface area contributed by atoms with Gasteiger partial charge < -0.3 is 9.72 Å².